The summed E-state index contributed by atoms with van der Waals surface area (Å²) in [6, 6.07) is 8.98. The van der Waals surface area contributed by atoms with Gasteiger partial charge in [0.25, 0.3) is 0 Å². The molecule has 0 spiro atoms. The van der Waals surface area contributed by atoms with Crippen LogP contribution in [-0.4, -0.2) is 9.97 Å². The van der Waals surface area contributed by atoms with Crippen LogP contribution in [0.1, 0.15) is 30.1 Å². The van der Waals surface area contributed by atoms with Crippen molar-refractivity contribution >= 4 is 5.82 Å². The van der Waals surface area contributed by atoms with E-state index in [9.17, 15) is 4.39 Å². The van der Waals surface area contributed by atoms with Crippen LogP contribution in [-0.2, 0) is 6.42 Å². The van der Waals surface area contributed by atoms with Crippen LogP contribution in [0.3, 0.4) is 0 Å². The molecule has 2 heterocycles. The summed E-state index contributed by atoms with van der Waals surface area (Å²) < 4.78 is 13.1. The van der Waals surface area contributed by atoms with Crippen LogP contribution < -0.4 is 5.32 Å². The van der Waals surface area contributed by atoms with E-state index in [4.69, 9.17) is 0 Å². The summed E-state index contributed by atoms with van der Waals surface area (Å²) in [6.45, 7) is 0. The molecule has 1 atom stereocenters. The molecule has 2 aromatic heterocycles. The molecule has 0 saturated carbocycles. The monoisotopic (exact) mass is 243 g/mol. The van der Waals surface area contributed by atoms with Crippen LogP contribution in [0.4, 0.5) is 10.2 Å². The first kappa shape index (κ1) is 11.1. The lowest BCUT2D eigenvalue weighted by Crippen LogP contribution is -2.19. The summed E-state index contributed by atoms with van der Waals surface area (Å²) in [6.07, 6.45) is 4.99. The Morgan fingerprint density at radius 3 is 3.06 bits per heavy atom. The normalized spacial score (nSPS) is 18.2. The smallest absolute Gasteiger partial charge is 0.214 e. The zero-order chi connectivity index (χ0) is 12.4. The fraction of sp³-hybridized carbons (Fsp3) is 0.286. The maximum Gasteiger partial charge on any atom is 0.214 e. The molecule has 92 valence electrons. The molecule has 0 bridgehead atoms. The van der Waals surface area contributed by atoms with Gasteiger partial charge in [0.2, 0.25) is 5.95 Å². The van der Waals surface area contributed by atoms with Crippen LogP contribution in [0.5, 0.6) is 0 Å². The molecule has 0 aromatic carbocycles. The van der Waals surface area contributed by atoms with E-state index in [2.05, 4.69) is 21.4 Å². The van der Waals surface area contributed by atoms with Crippen LogP contribution in [0.25, 0.3) is 0 Å². The maximum absolute atomic E-state index is 13.1. The molecule has 0 radical (unpaired) electrons. The summed E-state index contributed by atoms with van der Waals surface area (Å²) in [4.78, 5) is 8.27. The molecule has 1 aliphatic rings. The molecule has 3 rings (SSSR count). The van der Waals surface area contributed by atoms with Gasteiger partial charge in [-0.05, 0) is 43.0 Å². The molecule has 0 amide bonds. The van der Waals surface area contributed by atoms with Crippen molar-refractivity contribution in [2.45, 2.75) is 25.3 Å². The van der Waals surface area contributed by atoms with Gasteiger partial charge in [-0.1, -0.05) is 12.1 Å². The number of nitrogens with zero attached hydrogens (tertiary/aromatic N) is 2. The van der Waals surface area contributed by atoms with E-state index >= 15 is 0 Å². The number of hydrogen-bond donors (Lipinski definition) is 1. The van der Waals surface area contributed by atoms with Gasteiger partial charge in [0.05, 0.1) is 11.7 Å². The molecule has 1 unspecified atom stereocenters. The standard InChI is InChI=1S/C14H14FN3/c15-12-7-2-8-13(18-12)17-11-6-1-4-10-5-3-9-16-14(10)11/h2-3,5,7-9,11H,1,4,6H2,(H,17,18). The lowest BCUT2D eigenvalue weighted by molar-refractivity contribution is 0.568. The molecule has 0 saturated heterocycles. The maximum atomic E-state index is 13.1. The Morgan fingerprint density at radius 2 is 2.17 bits per heavy atom. The Bertz CT molecular complexity index is 556. The van der Waals surface area contributed by atoms with Crippen LogP contribution in [0.15, 0.2) is 36.5 Å². The molecule has 1 aliphatic carbocycles. The molecular formula is C14H14FN3. The second kappa shape index (κ2) is 4.72. The molecule has 18 heavy (non-hydrogen) atoms. The molecule has 3 nitrogen and oxygen atoms in total. The largest absolute Gasteiger partial charge is 0.362 e. The second-order valence-corrected chi connectivity index (χ2v) is 4.48. The highest BCUT2D eigenvalue weighted by atomic mass is 19.1. The quantitative estimate of drug-likeness (QED) is 0.823. The number of anilines is 1. The van der Waals surface area contributed by atoms with Gasteiger partial charge in [-0.2, -0.15) is 4.39 Å². The fourth-order valence-electron chi connectivity index (χ4n) is 2.42. The van der Waals surface area contributed by atoms with Crippen LogP contribution >= 0.6 is 0 Å². The summed E-state index contributed by atoms with van der Waals surface area (Å²) in [5, 5.41) is 3.26. The van der Waals surface area contributed by atoms with Crippen LogP contribution in [0, 0.1) is 5.95 Å². The molecule has 0 fully saturated rings. The van der Waals surface area contributed by atoms with E-state index < -0.39 is 5.95 Å². The first-order valence-electron chi connectivity index (χ1n) is 6.16. The fourth-order valence-corrected chi connectivity index (χ4v) is 2.42. The highest BCUT2D eigenvalue weighted by Crippen LogP contribution is 2.30. The Kier molecular flexibility index (Phi) is 2.92. The second-order valence-electron chi connectivity index (χ2n) is 4.48. The Balaban J connectivity index is 1.86. The minimum atomic E-state index is -0.461. The first-order chi connectivity index (χ1) is 8.83. The third-order valence-electron chi connectivity index (χ3n) is 3.23. The van der Waals surface area contributed by atoms with E-state index in [1.807, 2.05) is 6.07 Å². The zero-order valence-corrected chi connectivity index (χ0v) is 9.94. The van der Waals surface area contributed by atoms with Gasteiger partial charge in [-0.25, -0.2) is 4.98 Å². The molecule has 0 aliphatic heterocycles. The third-order valence-corrected chi connectivity index (χ3v) is 3.23. The number of nitrogens with one attached hydrogen (secondary N) is 1. The number of rotatable bonds is 2. The Hall–Kier alpha value is -1.97. The van der Waals surface area contributed by atoms with Crippen molar-refractivity contribution in [1.82, 2.24) is 9.97 Å². The summed E-state index contributed by atoms with van der Waals surface area (Å²) in [5.41, 5.74) is 2.34. The van der Waals surface area contributed by atoms with Crippen molar-refractivity contribution < 1.29 is 4.39 Å². The van der Waals surface area contributed by atoms with Gasteiger partial charge in [0, 0.05) is 6.20 Å². The van der Waals surface area contributed by atoms with E-state index in [1.54, 1.807) is 18.3 Å². The van der Waals surface area contributed by atoms with E-state index in [-0.39, 0.29) is 6.04 Å². The van der Waals surface area contributed by atoms with Gasteiger partial charge < -0.3 is 5.32 Å². The number of aryl methyl sites for hydroxylation is 1. The van der Waals surface area contributed by atoms with Crippen molar-refractivity contribution in [3.8, 4) is 0 Å². The number of aromatic nitrogens is 2. The minimum absolute atomic E-state index is 0.129. The van der Waals surface area contributed by atoms with Crippen molar-refractivity contribution in [3.63, 3.8) is 0 Å². The minimum Gasteiger partial charge on any atom is -0.362 e. The van der Waals surface area contributed by atoms with Gasteiger partial charge in [-0.3, -0.25) is 4.98 Å². The van der Waals surface area contributed by atoms with Gasteiger partial charge in [-0.15, -0.1) is 0 Å². The van der Waals surface area contributed by atoms with Crippen molar-refractivity contribution in [2.75, 3.05) is 5.32 Å². The SMILES string of the molecule is Fc1cccc(NC2CCCc3cccnc32)n1. The number of halogens is 1. The zero-order valence-electron chi connectivity index (χ0n) is 9.94. The van der Waals surface area contributed by atoms with Gasteiger partial charge >= 0.3 is 0 Å². The number of pyridine rings is 2. The first-order valence-corrected chi connectivity index (χ1v) is 6.16. The molecular weight excluding hydrogens is 229 g/mol. The predicted molar refractivity (Wildman–Crippen MR) is 67.7 cm³/mol. The van der Waals surface area contributed by atoms with E-state index in [0.717, 1.165) is 25.0 Å². The van der Waals surface area contributed by atoms with Crippen molar-refractivity contribution in [2.24, 2.45) is 0 Å². The predicted octanol–water partition coefficient (Wildman–Crippen LogP) is 3.11. The van der Waals surface area contributed by atoms with E-state index in [0.29, 0.717) is 5.82 Å². The molecule has 1 N–H and O–H groups in total. The lowest BCUT2D eigenvalue weighted by Gasteiger charge is -2.25. The van der Waals surface area contributed by atoms with Gasteiger partial charge in [0.1, 0.15) is 5.82 Å². The summed E-state index contributed by atoms with van der Waals surface area (Å²) in [5.74, 6) is 0.107. The lowest BCUT2D eigenvalue weighted by atomic mass is 9.92. The van der Waals surface area contributed by atoms with Gasteiger partial charge in [0.15, 0.2) is 0 Å². The average molecular weight is 243 g/mol. The average Bonchev–Trinajstić information content (AvgIpc) is 2.39. The van der Waals surface area contributed by atoms with Crippen molar-refractivity contribution in [3.05, 3.63) is 53.7 Å². The third kappa shape index (κ3) is 2.18. The Morgan fingerprint density at radius 1 is 1.22 bits per heavy atom. The summed E-state index contributed by atoms with van der Waals surface area (Å²) in [7, 11) is 0. The van der Waals surface area contributed by atoms with Crippen molar-refractivity contribution in [1.29, 1.82) is 0 Å². The topological polar surface area (TPSA) is 37.8 Å². The Labute approximate surface area is 105 Å². The highest BCUT2D eigenvalue weighted by Gasteiger charge is 2.21. The molecule has 4 heteroatoms. The van der Waals surface area contributed by atoms with Crippen LogP contribution in [0.2, 0.25) is 0 Å². The number of fused-ring (bicyclic) bond motifs is 1. The molecule has 2 aromatic rings. The number of hydrogen-bond acceptors (Lipinski definition) is 3. The van der Waals surface area contributed by atoms with E-state index in [1.165, 1.54) is 11.6 Å². The summed E-state index contributed by atoms with van der Waals surface area (Å²) >= 11 is 0. The highest BCUT2D eigenvalue weighted by molar-refractivity contribution is 5.39.